The van der Waals surface area contributed by atoms with Crippen LogP contribution in [0.3, 0.4) is 0 Å². The monoisotopic (exact) mass is 243 g/mol. The fourth-order valence-electron chi connectivity index (χ4n) is 1.37. The van der Waals surface area contributed by atoms with Crippen LogP contribution >= 0.6 is 0 Å². The van der Waals surface area contributed by atoms with Crippen LogP contribution in [-0.2, 0) is 32.7 Å². The predicted octanol–water partition coefficient (Wildman–Crippen LogP) is 1.61. The Bertz CT molecular complexity index is 398. The van der Waals surface area contributed by atoms with Gasteiger partial charge in [-0.05, 0) is 16.8 Å². The predicted molar refractivity (Wildman–Crippen MR) is 53.0 cm³/mol. The van der Waals surface area contributed by atoms with E-state index < -0.39 is 0 Å². The summed E-state index contributed by atoms with van der Waals surface area (Å²) in [4.78, 5) is 4.27. The van der Waals surface area contributed by atoms with Crippen molar-refractivity contribution in [2.75, 3.05) is 0 Å². The van der Waals surface area contributed by atoms with Crippen molar-refractivity contribution in [3.8, 4) is 0 Å². The molecule has 0 saturated carbocycles. The molecular weight excluding hydrogens is 234 g/mol. The maximum Gasteiger partial charge on any atom is 0.175 e. The fourth-order valence-corrected chi connectivity index (χ4v) is 1.37. The van der Waals surface area contributed by atoms with E-state index in [9.17, 15) is 0 Å². The van der Waals surface area contributed by atoms with Gasteiger partial charge in [0.05, 0.1) is 0 Å². The van der Waals surface area contributed by atoms with Gasteiger partial charge in [-0.25, -0.2) is 0 Å². The second kappa shape index (κ2) is 4.88. The van der Waals surface area contributed by atoms with Crippen LogP contribution in [0.1, 0.15) is 0 Å². The molecule has 2 radical (unpaired) electrons. The maximum absolute atomic E-state index is 4.27. The molecule has 0 N–H and O–H groups in total. The fraction of sp³-hybridized carbons (Fsp3) is 0.100. The van der Waals surface area contributed by atoms with Crippen molar-refractivity contribution in [3.63, 3.8) is 0 Å². The summed E-state index contributed by atoms with van der Waals surface area (Å²) in [7, 11) is 2.03. The third-order valence-electron chi connectivity index (χ3n) is 1.98. The molecule has 1 heterocycles. The summed E-state index contributed by atoms with van der Waals surface area (Å²) in [6.45, 7) is 2.01. The van der Waals surface area contributed by atoms with Crippen molar-refractivity contribution in [2.24, 2.45) is 0 Å². The normalized spacial score (nSPS) is 9.31. The van der Waals surface area contributed by atoms with Crippen LogP contribution in [0, 0.1) is 0 Å². The zero-order valence-corrected chi connectivity index (χ0v) is 10.4. The molecule has 0 bridgehead atoms. The van der Waals surface area contributed by atoms with E-state index in [1.165, 1.54) is 10.8 Å². The molecule has 0 saturated heterocycles. The molecule has 2 aromatic rings. The number of rotatable bonds is 1. The molecule has 2 rings (SSSR count). The molecule has 0 aliphatic carbocycles. The van der Waals surface area contributed by atoms with Gasteiger partial charge in [0.25, 0.3) is 0 Å². The van der Waals surface area contributed by atoms with E-state index in [0.29, 0.717) is 0 Å². The van der Waals surface area contributed by atoms with Crippen molar-refractivity contribution in [2.45, 2.75) is 6.82 Å². The van der Waals surface area contributed by atoms with Gasteiger partial charge in [0.15, 0.2) is 7.28 Å². The molecule has 1 aromatic carbocycles. The molecule has 13 heavy (non-hydrogen) atoms. The Labute approximate surface area is 104 Å². The standard InChI is InChI=1S/C10H9BN.Y/c1-11-10-9-5-3-2-4-8(9)6-7-12-10;/h2-7H,1H3;. The Morgan fingerprint density at radius 1 is 1.15 bits per heavy atom. The number of pyridine rings is 1. The molecule has 0 fully saturated rings. The van der Waals surface area contributed by atoms with Crippen molar-refractivity contribution >= 4 is 23.6 Å². The van der Waals surface area contributed by atoms with Crippen molar-refractivity contribution in [1.29, 1.82) is 0 Å². The molecule has 1 aromatic heterocycles. The Balaban J connectivity index is 0.000000845. The molecule has 60 valence electrons. The van der Waals surface area contributed by atoms with Gasteiger partial charge in [0, 0.05) is 44.5 Å². The van der Waals surface area contributed by atoms with Crippen LogP contribution in [0.5, 0.6) is 0 Å². The Morgan fingerprint density at radius 3 is 2.69 bits per heavy atom. The summed E-state index contributed by atoms with van der Waals surface area (Å²) in [5, 5.41) is 2.48. The van der Waals surface area contributed by atoms with Crippen LogP contribution in [0.2, 0.25) is 6.82 Å². The Kier molecular flexibility index (Phi) is 4.08. The summed E-state index contributed by atoms with van der Waals surface area (Å²) < 4.78 is 0. The van der Waals surface area contributed by atoms with Crippen LogP contribution in [0.4, 0.5) is 0 Å². The van der Waals surface area contributed by atoms with Gasteiger partial charge in [0.1, 0.15) is 0 Å². The molecular formula is C10H9BNY. The first-order valence-electron chi connectivity index (χ1n) is 4.05. The zero-order chi connectivity index (χ0) is 8.39. The first kappa shape index (κ1) is 10.9. The van der Waals surface area contributed by atoms with E-state index in [4.69, 9.17) is 0 Å². The van der Waals surface area contributed by atoms with Gasteiger partial charge >= 0.3 is 0 Å². The van der Waals surface area contributed by atoms with E-state index in [0.717, 1.165) is 5.59 Å². The first-order valence-corrected chi connectivity index (χ1v) is 4.05. The van der Waals surface area contributed by atoms with E-state index in [-0.39, 0.29) is 32.7 Å². The van der Waals surface area contributed by atoms with Crippen LogP contribution < -0.4 is 5.59 Å². The number of aromatic nitrogens is 1. The van der Waals surface area contributed by atoms with E-state index >= 15 is 0 Å². The van der Waals surface area contributed by atoms with E-state index in [1.54, 1.807) is 0 Å². The molecule has 0 aliphatic rings. The average Bonchev–Trinajstić information content (AvgIpc) is 2.17. The van der Waals surface area contributed by atoms with Crippen LogP contribution in [-0.4, -0.2) is 12.3 Å². The van der Waals surface area contributed by atoms with E-state index in [1.807, 2.05) is 38.5 Å². The minimum Gasteiger partial charge on any atom is -0.271 e. The SMILES string of the molecule is C[B]c1nccc2ccccc12.[Y]. The van der Waals surface area contributed by atoms with Gasteiger partial charge in [-0.1, -0.05) is 31.1 Å². The first-order chi connectivity index (χ1) is 5.92. The van der Waals surface area contributed by atoms with Crippen LogP contribution in [0.25, 0.3) is 10.8 Å². The number of hydrogen-bond acceptors (Lipinski definition) is 1. The van der Waals surface area contributed by atoms with Crippen LogP contribution in [0.15, 0.2) is 36.5 Å². The summed E-state index contributed by atoms with van der Waals surface area (Å²) in [5.74, 6) is 0. The van der Waals surface area contributed by atoms with Gasteiger partial charge < -0.3 is 0 Å². The topological polar surface area (TPSA) is 12.9 Å². The van der Waals surface area contributed by atoms with Gasteiger partial charge in [-0.15, -0.1) is 0 Å². The second-order valence-electron chi connectivity index (χ2n) is 2.71. The van der Waals surface area contributed by atoms with Crippen molar-refractivity contribution in [1.82, 2.24) is 4.98 Å². The molecule has 0 aliphatic heterocycles. The maximum atomic E-state index is 4.27. The summed E-state index contributed by atoms with van der Waals surface area (Å²) in [6.07, 6.45) is 1.84. The minimum absolute atomic E-state index is 0. The second-order valence-corrected chi connectivity index (χ2v) is 2.71. The van der Waals surface area contributed by atoms with E-state index in [2.05, 4.69) is 17.1 Å². The van der Waals surface area contributed by atoms with Gasteiger partial charge in [-0.3, -0.25) is 4.98 Å². The molecule has 0 atom stereocenters. The molecule has 3 heteroatoms. The van der Waals surface area contributed by atoms with Gasteiger partial charge in [0.2, 0.25) is 0 Å². The molecule has 0 spiro atoms. The summed E-state index contributed by atoms with van der Waals surface area (Å²) >= 11 is 0. The summed E-state index contributed by atoms with van der Waals surface area (Å²) in [5.41, 5.74) is 1.06. The quantitative estimate of drug-likeness (QED) is 0.693. The minimum atomic E-state index is 0. The zero-order valence-electron chi connectivity index (χ0n) is 7.57. The summed E-state index contributed by atoms with van der Waals surface area (Å²) in [6, 6.07) is 10.3. The van der Waals surface area contributed by atoms with Crippen molar-refractivity contribution in [3.05, 3.63) is 36.5 Å². The molecule has 0 amide bonds. The third-order valence-corrected chi connectivity index (χ3v) is 1.98. The van der Waals surface area contributed by atoms with Gasteiger partial charge in [-0.2, -0.15) is 0 Å². The largest absolute Gasteiger partial charge is 0.271 e. The molecule has 0 unspecified atom stereocenters. The number of nitrogens with zero attached hydrogens (tertiary/aromatic N) is 1. The third kappa shape index (κ3) is 2.18. The van der Waals surface area contributed by atoms with Crippen molar-refractivity contribution < 1.29 is 32.7 Å². The average molecular weight is 243 g/mol. The number of benzene rings is 1. The smallest absolute Gasteiger partial charge is 0.175 e. The Morgan fingerprint density at radius 2 is 1.92 bits per heavy atom. The Hall–Kier alpha value is -0.201. The number of hydrogen-bond donors (Lipinski definition) is 0. The number of fused-ring (bicyclic) bond motifs is 1. The molecule has 1 nitrogen and oxygen atoms in total.